The van der Waals surface area contributed by atoms with E-state index in [1.54, 1.807) is 0 Å². The summed E-state index contributed by atoms with van der Waals surface area (Å²) >= 11 is 3.70. The van der Waals surface area contributed by atoms with Crippen molar-refractivity contribution in [2.75, 3.05) is 12.3 Å². The lowest BCUT2D eigenvalue weighted by atomic mass is 9.95. The van der Waals surface area contributed by atoms with Crippen molar-refractivity contribution in [3.8, 4) is 0 Å². The first kappa shape index (κ1) is 13.4. The maximum atomic E-state index is 6.11. The van der Waals surface area contributed by atoms with Crippen LogP contribution in [-0.4, -0.2) is 11.4 Å². The molecule has 21 heavy (non-hydrogen) atoms. The summed E-state index contributed by atoms with van der Waals surface area (Å²) in [5.41, 5.74) is 12.9. The highest BCUT2D eigenvalue weighted by molar-refractivity contribution is 9.10. The van der Waals surface area contributed by atoms with E-state index in [0.717, 1.165) is 25.2 Å². The van der Waals surface area contributed by atoms with Crippen molar-refractivity contribution >= 4 is 21.6 Å². The molecule has 2 N–H and O–H groups in total. The molecule has 1 atom stereocenters. The Balaban J connectivity index is 1.65. The van der Waals surface area contributed by atoms with Crippen molar-refractivity contribution in [1.82, 2.24) is 4.90 Å². The van der Waals surface area contributed by atoms with Gasteiger partial charge in [-0.1, -0.05) is 40.2 Å². The molecular formula is C18H19BrN2. The monoisotopic (exact) mass is 342 g/mol. The second-order valence-corrected chi connectivity index (χ2v) is 6.92. The molecule has 1 aliphatic carbocycles. The van der Waals surface area contributed by atoms with Gasteiger partial charge in [-0.2, -0.15) is 0 Å². The van der Waals surface area contributed by atoms with E-state index in [1.807, 2.05) is 6.07 Å². The first-order chi connectivity index (χ1) is 10.2. The van der Waals surface area contributed by atoms with E-state index in [-0.39, 0.29) is 0 Å². The van der Waals surface area contributed by atoms with Crippen LogP contribution in [-0.2, 0) is 19.4 Å². The number of benzene rings is 2. The summed E-state index contributed by atoms with van der Waals surface area (Å²) in [5, 5.41) is 0. The molecule has 0 bridgehead atoms. The molecule has 1 unspecified atom stereocenters. The van der Waals surface area contributed by atoms with Gasteiger partial charge in [0.25, 0.3) is 0 Å². The molecule has 108 valence electrons. The molecule has 3 heteroatoms. The lowest BCUT2D eigenvalue weighted by Crippen LogP contribution is -2.33. The van der Waals surface area contributed by atoms with E-state index in [1.165, 1.54) is 39.6 Å². The summed E-state index contributed by atoms with van der Waals surface area (Å²) in [5.74, 6) is 0. The van der Waals surface area contributed by atoms with Crippen LogP contribution < -0.4 is 5.73 Å². The molecule has 0 saturated carbocycles. The molecule has 1 heterocycles. The van der Waals surface area contributed by atoms with Gasteiger partial charge in [0.05, 0.1) is 0 Å². The average Bonchev–Trinajstić information content (AvgIpc) is 2.92. The lowest BCUT2D eigenvalue weighted by Gasteiger charge is -2.34. The Morgan fingerprint density at radius 2 is 1.90 bits per heavy atom. The Kier molecular flexibility index (Phi) is 3.27. The zero-order valence-electron chi connectivity index (χ0n) is 12.0. The highest BCUT2D eigenvalue weighted by atomic mass is 79.9. The molecule has 2 aliphatic rings. The zero-order valence-corrected chi connectivity index (χ0v) is 13.6. The van der Waals surface area contributed by atoms with Crippen molar-refractivity contribution in [2.45, 2.75) is 31.8 Å². The fraction of sp³-hybridized carbons (Fsp3) is 0.333. The number of fused-ring (bicyclic) bond motifs is 2. The Bertz CT molecular complexity index is 696. The van der Waals surface area contributed by atoms with Gasteiger partial charge < -0.3 is 5.73 Å². The smallest absolute Gasteiger partial charge is 0.0358 e. The van der Waals surface area contributed by atoms with Crippen molar-refractivity contribution in [3.05, 3.63) is 63.1 Å². The van der Waals surface area contributed by atoms with Crippen molar-refractivity contribution in [3.63, 3.8) is 0 Å². The van der Waals surface area contributed by atoms with Gasteiger partial charge in [0, 0.05) is 29.3 Å². The van der Waals surface area contributed by atoms with Gasteiger partial charge >= 0.3 is 0 Å². The molecule has 4 rings (SSSR count). The van der Waals surface area contributed by atoms with Crippen LogP contribution in [0.25, 0.3) is 0 Å². The minimum Gasteiger partial charge on any atom is -0.398 e. The maximum absolute atomic E-state index is 6.11. The fourth-order valence-corrected chi connectivity index (χ4v) is 4.47. The van der Waals surface area contributed by atoms with Crippen molar-refractivity contribution in [1.29, 1.82) is 0 Å². The molecule has 0 saturated heterocycles. The third kappa shape index (κ3) is 2.19. The van der Waals surface area contributed by atoms with E-state index in [2.05, 4.69) is 51.2 Å². The van der Waals surface area contributed by atoms with Crippen LogP contribution >= 0.6 is 15.9 Å². The third-order valence-corrected chi connectivity index (χ3v) is 5.70. The van der Waals surface area contributed by atoms with Crippen LogP contribution in [0.5, 0.6) is 0 Å². The highest BCUT2D eigenvalue weighted by Crippen LogP contribution is 2.41. The van der Waals surface area contributed by atoms with Crippen LogP contribution in [0.2, 0.25) is 0 Å². The predicted octanol–water partition coefficient (Wildman–Crippen LogP) is 4.08. The quantitative estimate of drug-likeness (QED) is 0.791. The van der Waals surface area contributed by atoms with Crippen LogP contribution in [0, 0.1) is 0 Å². The van der Waals surface area contributed by atoms with Crippen LogP contribution in [0.3, 0.4) is 0 Å². The van der Waals surface area contributed by atoms with Crippen LogP contribution in [0.1, 0.15) is 34.7 Å². The molecule has 0 radical (unpaired) electrons. The molecule has 2 aromatic rings. The first-order valence-electron chi connectivity index (χ1n) is 7.61. The van der Waals surface area contributed by atoms with E-state index in [0.29, 0.717) is 6.04 Å². The maximum Gasteiger partial charge on any atom is 0.0358 e. The minimum absolute atomic E-state index is 0.562. The minimum atomic E-state index is 0.562. The summed E-state index contributed by atoms with van der Waals surface area (Å²) in [7, 11) is 0. The number of rotatable bonds is 1. The Morgan fingerprint density at radius 1 is 1.05 bits per heavy atom. The van der Waals surface area contributed by atoms with Gasteiger partial charge in [0.2, 0.25) is 0 Å². The van der Waals surface area contributed by atoms with Gasteiger partial charge in [-0.05, 0) is 53.6 Å². The summed E-state index contributed by atoms with van der Waals surface area (Å²) in [6.07, 6.45) is 3.49. The third-order valence-electron chi connectivity index (χ3n) is 4.95. The van der Waals surface area contributed by atoms with Crippen LogP contribution in [0.4, 0.5) is 5.69 Å². The SMILES string of the molecule is Nc1cccc2c1CCN(C1CCc3c(Br)cccc31)C2. The second kappa shape index (κ2) is 5.15. The summed E-state index contributed by atoms with van der Waals surface area (Å²) in [6, 6.07) is 13.5. The normalized spacial score (nSPS) is 21.1. The molecule has 0 amide bonds. The van der Waals surface area contributed by atoms with Crippen molar-refractivity contribution < 1.29 is 0 Å². The number of hydrogen-bond acceptors (Lipinski definition) is 2. The number of nitrogen functional groups attached to an aromatic ring is 1. The first-order valence-corrected chi connectivity index (χ1v) is 8.41. The van der Waals surface area contributed by atoms with Gasteiger partial charge in [-0.3, -0.25) is 4.90 Å². The Morgan fingerprint density at radius 3 is 2.81 bits per heavy atom. The van der Waals surface area contributed by atoms with Gasteiger partial charge in [0.15, 0.2) is 0 Å². The molecule has 0 fully saturated rings. The molecule has 2 aromatic carbocycles. The summed E-state index contributed by atoms with van der Waals surface area (Å²) in [6.45, 7) is 2.13. The van der Waals surface area contributed by atoms with Gasteiger partial charge in [0.1, 0.15) is 0 Å². The van der Waals surface area contributed by atoms with Crippen molar-refractivity contribution in [2.24, 2.45) is 0 Å². The van der Waals surface area contributed by atoms with E-state index in [4.69, 9.17) is 5.73 Å². The van der Waals surface area contributed by atoms with Crippen LogP contribution in [0.15, 0.2) is 40.9 Å². The number of anilines is 1. The molecule has 2 nitrogen and oxygen atoms in total. The topological polar surface area (TPSA) is 29.3 Å². The number of hydrogen-bond donors (Lipinski definition) is 1. The average molecular weight is 343 g/mol. The molecule has 0 spiro atoms. The predicted molar refractivity (Wildman–Crippen MR) is 90.2 cm³/mol. The van der Waals surface area contributed by atoms with Gasteiger partial charge in [-0.25, -0.2) is 0 Å². The highest BCUT2D eigenvalue weighted by Gasteiger charge is 2.31. The Labute approximate surface area is 134 Å². The molecule has 0 aromatic heterocycles. The Hall–Kier alpha value is -1.32. The van der Waals surface area contributed by atoms with E-state index in [9.17, 15) is 0 Å². The second-order valence-electron chi connectivity index (χ2n) is 6.07. The largest absolute Gasteiger partial charge is 0.398 e. The number of halogens is 1. The van der Waals surface area contributed by atoms with E-state index >= 15 is 0 Å². The fourth-order valence-electron chi connectivity index (χ4n) is 3.89. The van der Waals surface area contributed by atoms with E-state index < -0.39 is 0 Å². The summed E-state index contributed by atoms with van der Waals surface area (Å²) in [4.78, 5) is 2.63. The molecular weight excluding hydrogens is 324 g/mol. The number of nitrogens with zero attached hydrogens (tertiary/aromatic N) is 1. The van der Waals surface area contributed by atoms with Gasteiger partial charge in [-0.15, -0.1) is 0 Å². The number of nitrogens with two attached hydrogens (primary N) is 1. The zero-order chi connectivity index (χ0) is 14.4. The lowest BCUT2D eigenvalue weighted by molar-refractivity contribution is 0.179. The standard InChI is InChI=1S/C18H19BrN2/c19-16-5-2-4-15-14(16)7-8-18(15)21-10-9-13-12(11-21)3-1-6-17(13)20/h1-6,18H,7-11,20H2. The molecule has 1 aliphatic heterocycles. The summed E-state index contributed by atoms with van der Waals surface area (Å²) < 4.78 is 1.27.